The lowest BCUT2D eigenvalue weighted by atomic mass is 10.5. The van der Waals surface area contributed by atoms with E-state index in [0.29, 0.717) is 12.5 Å². The lowest BCUT2D eigenvalue weighted by Gasteiger charge is -1.86. The van der Waals surface area contributed by atoms with E-state index in [1.54, 1.807) is 0 Å². The highest BCUT2D eigenvalue weighted by molar-refractivity contribution is 4.58. The Bertz CT molecular complexity index is 58.8. The summed E-state index contributed by atoms with van der Waals surface area (Å²) < 4.78 is 4.71. The van der Waals surface area contributed by atoms with Gasteiger partial charge in [-0.25, -0.2) is 4.89 Å². The molecule has 1 saturated heterocycles. The average molecular weight is 150 g/mol. The van der Waals surface area contributed by atoms with Crippen molar-refractivity contribution in [3.63, 3.8) is 0 Å². The van der Waals surface area contributed by atoms with Gasteiger partial charge in [0.2, 0.25) is 0 Å². The Hall–Kier alpha value is -0.160. The fourth-order valence-corrected chi connectivity index (χ4v) is 0.225. The van der Waals surface area contributed by atoms with Crippen LogP contribution in [0.25, 0.3) is 0 Å². The van der Waals surface area contributed by atoms with Crippen molar-refractivity contribution < 1.29 is 20.0 Å². The van der Waals surface area contributed by atoms with Gasteiger partial charge in [-0.2, -0.15) is 0 Å². The Balaban J connectivity index is 0.000000172. The molecule has 0 saturated carbocycles. The predicted octanol–water partition coefficient (Wildman–Crippen LogP) is 0.264. The Morgan fingerprint density at radius 3 is 2.30 bits per heavy atom. The minimum Gasteiger partial charge on any atom is -0.396 e. The number of ether oxygens (including phenoxy) is 1. The Kier molecular flexibility index (Phi) is 6.84. The summed E-state index contributed by atoms with van der Waals surface area (Å²) in [6, 6.07) is 0. The lowest BCUT2D eigenvalue weighted by Crippen LogP contribution is -1.91. The number of epoxide rings is 1. The summed E-state index contributed by atoms with van der Waals surface area (Å²) in [4.78, 5) is 3.62. The fraction of sp³-hybridized carbons (Fsp3) is 1.00. The molecule has 4 heteroatoms. The van der Waals surface area contributed by atoms with Gasteiger partial charge < -0.3 is 9.84 Å². The Labute approximate surface area is 60.3 Å². The third-order valence-electron chi connectivity index (χ3n) is 0.894. The first kappa shape index (κ1) is 9.84. The van der Waals surface area contributed by atoms with Crippen molar-refractivity contribution in [1.29, 1.82) is 0 Å². The number of hydrogen-bond donors (Lipinski definition) is 2. The topological polar surface area (TPSA) is 62.2 Å². The molecule has 62 valence electrons. The zero-order chi connectivity index (χ0) is 7.82. The molecule has 0 radical (unpaired) electrons. The predicted molar refractivity (Wildman–Crippen MR) is 35.7 cm³/mol. The van der Waals surface area contributed by atoms with Crippen LogP contribution >= 0.6 is 0 Å². The molecule has 0 aromatic rings. The van der Waals surface area contributed by atoms with Crippen LogP contribution in [-0.4, -0.2) is 36.3 Å². The van der Waals surface area contributed by atoms with Crippen molar-refractivity contribution in [1.82, 2.24) is 0 Å². The molecule has 1 heterocycles. The van der Waals surface area contributed by atoms with E-state index in [2.05, 4.69) is 11.8 Å². The summed E-state index contributed by atoms with van der Waals surface area (Å²) >= 11 is 0. The van der Waals surface area contributed by atoms with Crippen molar-refractivity contribution in [2.45, 2.75) is 19.4 Å². The highest BCUT2D eigenvalue weighted by Gasteiger charge is 2.13. The molecule has 10 heavy (non-hydrogen) atoms. The van der Waals surface area contributed by atoms with E-state index in [9.17, 15) is 0 Å². The van der Waals surface area contributed by atoms with E-state index in [1.807, 2.05) is 0 Å². The van der Waals surface area contributed by atoms with Crippen LogP contribution in [0.15, 0.2) is 0 Å². The van der Waals surface area contributed by atoms with Crippen molar-refractivity contribution in [2.75, 3.05) is 19.8 Å². The molecule has 1 unspecified atom stereocenters. The largest absolute Gasteiger partial charge is 0.396 e. The Morgan fingerprint density at radius 2 is 2.20 bits per heavy atom. The summed E-state index contributed by atoms with van der Waals surface area (Å²) in [7, 11) is 0. The third-order valence-corrected chi connectivity index (χ3v) is 0.894. The quantitative estimate of drug-likeness (QED) is 0.262. The van der Waals surface area contributed by atoms with Gasteiger partial charge in [0, 0.05) is 6.61 Å². The summed E-state index contributed by atoms with van der Waals surface area (Å²) in [5.41, 5.74) is 0. The van der Waals surface area contributed by atoms with E-state index in [0.717, 1.165) is 6.61 Å². The minimum absolute atomic E-state index is 0.0700. The van der Waals surface area contributed by atoms with Crippen molar-refractivity contribution in [2.24, 2.45) is 0 Å². The normalized spacial score (nSPS) is 21.3. The standard InChI is InChI=1S/C3H8O3.C3H6O/c4-2-1-3-6-5;1-3-2-4-3/h4-5H,1-3H2;3H,2H2,1H3. The maximum absolute atomic E-state index is 8.01. The molecule has 1 fully saturated rings. The first-order valence-corrected chi connectivity index (χ1v) is 3.30. The van der Waals surface area contributed by atoms with Crippen molar-refractivity contribution in [3.05, 3.63) is 0 Å². The summed E-state index contributed by atoms with van der Waals surface area (Å²) in [6.07, 6.45) is 1.08. The lowest BCUT2D eigenvalue weighted by molar-refractivity contribution is -0.243. The molecule has 0 aromatic heterocycles. The number of rotatable bonds is 3. The molecule has 1 aliphatic rings. The molecular formula is C6H14O4. The first-order chi connectivity index (χ1) is 4.81. The molecular weight excluding hydrogens is 136 g/mol. The van der Waals surface area contributed by atoms with Crippen molar-refractivity contribution >= 4 is 0 Å². The molecule has 0 amide bonds. The molecule has 0 bridgehead atoms. The van der Waals surface area contributed by atoms with E-state index >= 15 is 0 Å². The monoisotopic (exact) mass is 150 g/mol. The molecule has 0 aromatic carbocycles. The minimum atomic E-state index is 0.0700. The fourth-order valence-electron chi connectivity index (χ4n) is 0.225. The van der Waals surface area contributed by atoms with Gasteiger partial charge in [0.15, 0.2) is 0 Å². The van der Waals surface area contributed by atoms with Crippen LogP contribution in [-0.2, 0) is 9.62 Å². The van der Waals surface area contributed by atoms with Gasteiger partial charge in [-0.1, -0.05) is 0 Å². The summed E-state index contributed by atoms with van der Waals surface area (Å²) in [5, 5.41) is 15.6. The van der Waals surface area contributed by atoms with Crippen LogP contribution < -0.4 is 0 Å². The van der Waals surface area contributed by atoms with E-state index in [4.69, 9.17) is 15.1 Å². The number of aliphatic hydroxyl groups is 1. The van der Waals surface area contributed by atoms with E-state index in [1.165, 1.54) is 0 Å². The van der Waals surface area contributed by atoms with E-state index in [-0.39, 0.29) is 13.2 Å². The molecule has 1 rings (SSSR count). The van der Waals surface area contributed by atoms with Gasteiger partial charge in [-0.05, 0) is 13.3 Å². The van der Waals surface area contributed by atoms with Gasteiger partial charge in [-0.3, -0.25) is 5.26 Å². The maximum Gasteiger partial charge on any atom is 0.0841 e. The van der Waals surface area contributed by atoms with Gasteiger partial charge >= 0.3 is 0 Å². The first-order valence-electron chi connectivity index (χ1n) is 3.30. The van der Waals surface area contributed by atoms with Crippen LogP contribution in [0.4, 0.5) is 0 Å². The van der Waals surface area contributed by atoms with Crippen molar-refractivity contribution in [3.8, 4) is 0 Å². The van der Waals surface area contributed by atoms with Crippen LogP contribution in [0.1, 0.15) is 13.3 Å². The van der Waals surface area contributed by atoms with E-state index < -0.39 is 0 Å². The third kappa shape index (κ3) is 10.8. The highest BCUT2D eigenvalue weighted by atomic mass is 17.1. The molecule has 1 atom stereocenters. The molecule has 0 aliphatic carbocycles. The average Bonchev–Trinajstić information content (AvgIpc) is 2.69. The smallest absolute Gasteiger partial charge is 0.0841 e. The summed E-state index contributed by atoms with van der Waals surface area (Å²) in [6.45, 7) is 3.33. The SMILES string of the molecule is CC1CO1.OCCCOO. The molecule has 0 spiro atoms. The van der Waals surface area contributed by atoms with Crippen LogP contribution in [0.5, 0.6) is 0 Å². The van der Waals surface area contributed by atoms with Gasteiger partial charge in [0.25, 0.3) is 0 Å². The number of aliphatic hydroxyl groups excluding tert-OH is 1. The van der Waals surface area contributed by atoms with Gasteiger partial charge in [0.1, 0.15) is 0 Å². The molecule has 1 aliphatic heterocycles. The second-order valence-corrected chi connectivity index (χ2v) is 2.05. The molecule has 2 N–H and O–H groups in total. The second kappa shape index (κ2) is 6.95. The van der Waals surface area contributed by atoms with Gasteiger partial charge in [-0.15, -0.1) is 0 Å². The van der Waals surface area contributed by atoms with Gasteiger partial charge in [0.05, 0.1) is 19.3 Å². The zero-order valence-electron chi connectivity index (χ0n) is 6.12. The molecule has 4 nitrogen and oxygen atoms in total. The van der Waals surface area contributed by atoms with Crippen LogP contribution in [0, 0.1) is 0 Å². The summed E-state index contributed by atoms with van der Waals surface area (Å²) in [5.74, 6) is 0. The second-order valence-electron chi connectivity index (χ2n) is 2.05. The number of hydrogen-bond acceptors (Lipinski definition) is 4. The Morgan fingerprint density at radius 1 is 1.70 bits per heavy atom. The highest BCUT2D eigenvalue weighted by Crippen LogP contribution is 2.04. The maximum atomic E-state index is 8.01. The van der Waals surface area contributed by atoms with Crippen LogP contribution in [0.3, 0.4) is 0 Å². The zero-order valence-corrected chi connectivity index (χ0v) is 6.12. The van der Waals surface area contributed by atoms with Crippen LogP contribution in [0.2, 0.25) is 0 Å².